The standard InChI is InChI=1S/C18H28N2O2/c1-13-4-6-14(7-5-13)16(15-8-9-15)20-17(22)19-12-18(2,3)10-11-21/h4-7,15-16,21H,8-12H2,1-3H3,(H2,19,20,22). The highest BCUT2D eigenvalue weighted by molar-refractivity contribution is 5.74. The normalized spacial score (nSPS) is 16.2. The Morgan fingerprint density at radius 1 is 1.32 bits per heavy atom. The van der Waals surface area contributed by atoms with Gasteiger partial charge in [0.1, 0.15) is 0 Å². The maximum atomic E-state index is 12.2. The van der Waals surface area contributed by atoms with Crippen molar-refractivity contribution in [3.63, 3.8) is 0 Å². The van der Waals surface area contributed by atoms with Gasteiger partial charge in [0, 0.05) is 13.2 Å². The van der Waals surface area contributed by atoms with E-state index in [4.69, 9.17) is 5.11 Å². The number of urea groups is 1. The average molecular weight is 304 g/mol. The average Bonchev–Trinajstić information content (AvgIpc) is 3.28. The zero-order chi connectivity index (χ0) is 16.2. The molecule has 2 amide bonds. The van der Waals surface area contributed by atoms with E-state index in [-0.39, 0.29) is 24.1 Å². The van der Waals surface area contributed by atoms with Crippen molar-refractivity contribution in [3.05, 3.63) is 35.4 Å². The summed E-state index contributed by atoms with van der Waals surface area (Å²) in [6.07, 6.45) is 3.03. The van der Waals surface area contributed by atoms with Crippen molar-refractivity contribution in [3.8, 4) is 0 Å². The smallest absolute Gasteiger partial charge is 0.315 e. The van der Waals surface area contributed by atoms with Gasteiger partial charge in [-0.05, 0) is 43.1 Å². The molecule has 0 aliphatic heterocycles. The molecule has 2 rings (SSSR count). The van der Waals surface area contributed by atoms with Gasteiger partial charge in [0.15, 0.2) is 0 Å². The van der Waals surface area contributed by atoms with E-state index in [2.05, 4.69) is 41.8 Å². The topological polar surface area (TPSA) is 61.4 Å². The van der Waals surface area contributed by atoms with Crippen LogP contribution in [0.25, 0.3) is 0 Å². The second-order valence-corrected chi connectivity index (χ2v) is 7.19. The molecule has 3 N–H and O–H groups in total. The van der Waals surface area contributed by atoms with E-state index in [1.165, 1.54) is 24.0 Å². The minimum absolute atomic E-state index is 0.0922. The highest BCUT2D eigenvalue weighted by Gasteiger charge is 2.33. The van der Waals surface area contributed by atoms with Crippen molar-refractivity contribution in [2.45, 2.75) is 46.1 Å². The van der Waals surface area contributed by atoms with Crippen LogP contribution in [-0.4, -0.2) is 24.3 Å². The van der Waals surface area contributed by atoms with Crippen LogP contribution >= 0.6 is 0 Å². The minimum Gasteiger partial charge on any atom is -0.396 e. The Bertz CT molecular complexity index is 492. The molecule has 0 bridgehead atoms. The Kier molecular flexibility index (Phi) is 5.46. The number of benzene rings is 1. The van der Waals surface area contributed by atoms with Crippen molar-refractivity contribution in [2.75, 3.05) is 13.2 Å². The lowest BCUT2D eigenvalue weighted by molar-refractivity contribution is 0.199. The maximum absolute atomic E-state index is 12.2. The van der Waals surface area contributed by atoms with Crippen LogP contribution in [0.15, 0.2) is 24.3 Å². The largest absolute Gasteiger partial charge is 0.396 e. The second kappa shape index (κ2) is 7.14. The molecule has 1 fully saturated rings. The molecule has 1 atom stereocenters. The van der Waals surface area contributed by atoms with Crippen LogP contribution in [0.5, 0.6) is 0 Å². The second-order valence-electron chi connectivity index (χ2n) is 7.19. The van der Waals surface area contributed by atoms with E-state index in [9.17, 15) is 4.79 Å². The molecular formula is C18H28N2O2. The van der Waals surface area contributed by atoms with E-state index in [1.807, 2.05) is 13.8 Å². The highest BCUT2D eigenvalue weighted by atomic mass is 16.3. The zero-order valence-electron chi connectivity index (χ0n) is 13.9. The summed E-state index contributed by atoms with van der Waals surface area (Å²) in [5, 5.41) is 15.1. The molecule has 0 saturated heterocycles. The Morgan fingerprint density at radius 2 is 1.95 bits per heavy atom. The SMILES string of the molecule is Cc1ccc(C(NC(=O)NCC(C)(C)CCO)C2CC2)cc1. The van der Waals surface area contributed by atoms with Gasteiger partial charge in [0.25, 0.3) is 0 Å². The molecule has 1 saturated carbocycles. The minimum atomic E-state index is -0.122. The number of hydrogen-bond donors (Lipinski definition) is 3. The lowest BCUT2D eigenvalue weighted by atomic mass is 9.90. The summed E-state index contributed by atoms with van der Waals surface area (Å²) < 4.78 is 0. The third-order valence-corrected chi connectivity index (χ3v) is 4.33. The van der Waals surface area contributed by atoms with Gasteiger partial charge in [-0.2, -0.15) is 0 Å². The molecule has 1 unspecified atom stereocenters. The van der Waals surface area contributed by atoms with Crippen molar-refractivity contribution in [1.82, 2.24) is 10.6 Å². The Balaban J connectivity index is 1.91. The Hall–Kier alpha value is -1.55. The third-order valence-electron chi connectivity index (χ3n) is 4.33. The summed E-state index contributed by atoms with van der Waals surface area (Å²) in [5.41, 5.74) is 2.32. The first-order valence-corrected chi connectivity index (χ1v) is 8.13. The fraction of sp³-hybridized carbons (Fsp3) is 0.611. The highest BCUT2D eigenvalue weighted by Crippen LogP contribution is 2.41. The number of nitrogens with one attached hydrogen (secondary N) is 2. The van der Waals surface area contributed by atoms with E-state index >= 15 is 0 Å². The molecule has 0 spiro atoms. The maximum Gasteiger partial charge on any atom is 0.315 e. The molecule has 1 aliphatic carbocycles. The lowest BCUT2D eigenvalue weighted by Crippen LogP contribution is -2.42. The van der Waals surface area contributed by atoms with E-state index in [1.54, 1.807) is 0 Å². The number of aryl methyl sites for hydroxylation is 1. The van der Waals surface area contributed by atoms with Gasteiger partial charge in [-0.3, -0.25) is 0 Å². The van der Waals surface area contributed by atoms with Crippen LogP contribution in [0, 0.1) is 18.3 Å². The number of amides is 2. The van der Waals surface area contributed by atoms with Crippen LogP contribution in [-0.2, 0) is 0 Å². The molecule has 22 heavy (non-hydrogen) atoms. The van der Waals surface area contributed by atoms with Crippen LogP contribution in [0.1, 0.15) is 50.3 Å². The van der Waals surface area contributed by atoms with Crippen molar-refractivity contribution in [2.24, 2.45) is 11.3 Å². The first-order chi connectivity index (χ1) is 10.4. The van der Waals surface area contributed by atoms with Crippen LogP contribution in [0.2, 0.25) is 0 Å². The predicted molar refractivity (Wildman–Crippen MR) is 88.7 cm³/mol. The van der Waals surface area contributed by atoms with Crippen molar-refractivity contribution >= 4 is 6.03 Å². The van der Waals surface area contributed by atoms with E-state index < -0.39 is 0 Å². The number of carbonyl (C=O) groups excluding carboxylic acids is 1. The number of hydrogen-bond acceptors (Lipinski definition) is 2. The van der Waals surface area contributed by atoms with Gasteiger partial charge < -0.3 is 15.7 Å². The zero-order valence-corrected chi connectivity index (χ0v) is 13.9. The molecule has 122 valence electrons. The Labute approximate surface area is 133 Å². The summed E-state index contributed by atoms with van der Waals surface area (Å²) in [4.78, 5) is 12.2. The van der Waals surface area contributed by atoms with Crippen molar-refractivity contribution < 1.29 is 9.90 Å². The third kappa shape index (κ3) is 5.02. The van der Waals surface area contributed by atoms with Crippen LogP contribution < -0.4 is 10.6 Å². The molecule has 0 heterocycles. The van der Waals surface area contributed by atoms with E-state index in [0.29, 0.717) is 18.9 Å². The summed E-state index contributed by atoms with van der Waals surface area (Å²) in [6.45, 7) is 6.86. The molecule has 4 nitrogen and oxygen atoms in total. The molecular weight excluding hydrogens is 276 g/mol. The molecule has 0 radical (unpaired) electrons. The van der Waals surface area contributed by atoms with Gasteiger partial charge in [-0.15, -0.1) is 0 Å². The number of rotatable bonds is 7. The summed E-state index contributed by atoms with van der Waals surface area (Å²) in [5.74, 6) is 0.555. The monoisotopic (exact) mass is 304 g/mol. The van der Waals surface area contributed by atoms with Gasteiger partial charge in [-0.25, -0.2) is 4.79 Å². The fourth-order valence-electron chi connectivity index (χ4n) is 2.58. The number of aliphatic hydroxyl groups is 1. The number of aliphatic hydroxyl groups excluding tert-OH is 1. The van der Waals surface area contributed by atoms with Crippen molar-refractivity contribution in [1.29, 1.82) is 0 Å². The summed E-state index contributed by atoms with van der Waals surface area (Å²) in [6, 6.07) is 8.37. The van der Waals surface area contributed by atoms with Gasteiger partial charge in [0.05, 0.1) is 6.04 Å². The fourth-order valence-corrected chi connectivity index (χ4v) is 2.58. The molecule has 1 aliphatic rings. The number of carbonyl (C=O) groups is 1. The predicted octanol–water partition coefficient (Wildman–Crippen LogP) is 3.15. The quantitative estimate of drug-likeness (QED) is 0.724. The van der Waals surface area contributed by atoms with E-state index in [0.717, 1.165) is 0 Å². The first kappa shape index (κ1) is 16.8. The first-order valence-electron chi connectivity index (χ1n) is 8.13. The van der Waals surface area contributed by atoms with Gasteiger partial charge >= 0.3 is 6.03 Å². The Morgan fingerprint density at radius 3 is 2.50 bits per heavy atom. The molecule has 4 heteroatoms. The summed E-state index contributed by atoms with van der Waals surface area (Å²) in [7, 11) is 0. The van der Waals surface area contributed by atoms with Gasteiger partial charge in [0.2, 0.25) is 0 Å². The molecule has 1 aromatic carbocycles. The molecule has 1 aromatic rings. The summed E-state index contributed by atoms with van der Waals surface area (Å²) >= 11 is 0. The van der Waals surface area contributed by atoms with Crippen LogP contribution in [0.3, 0.4) is 0 Å². The lowest BCUT2D eigenvalue weighted by Gasteiger charge is -2.25. The van der Waals surface area contributed by atoms with Gasteiger partial charge in [-0.1, -0.05) is 43.7 Å². The van der Waals surface area contributed by atoms with Crippen LogP contribution in [0.4, 0.5) is 4.79 Å². The molecule has 0 aromatic heterocycles.